The van der Waals surface area contributed by atoms with E-state index in [0.717, 1.165) is 25.8 Å². The van der Waals surface area contributed by atoms with Crippen LogP contribution in [0.25, 0.3) is 10.9 Å². The van der Waals surface area contributed by atoms with E-state index in [9.17, 15) is 0 Å². The number of nitriles is 1. The molecule has 0 spiro atoms. The van der Waals surface area contributed by atoms with E-state index in [1.165, 1.54) is 16.5 Å². The first-order valence-corrected chi connectivity index (χ1v) is 7.25. The molecule has 0 fully saturated rings. The SMILES string of the molecule is CC(C)(C#N)CCCn1ccc2cccc(CCN)c21. The zero-order valence-corrected chi connectivity index (χ0v) is 12.4. The lowest BCUT2D eigenvalue weighted by molar-refractivity contribution is 0.418. The molecule has 1 aromatic carbocycles. The number of aromatic nitrogens is 1. The summed E-state index contributed by atoms with van der Waals surface area (Å²) in [4.78, 5) is 0. The van der Waals surface area contributed by atoms with E-state index < -0.39 is 0 Å². The maximum Gasteiger partial charge on any atom is 0.0683 e. The van der Waals surface area contributed by atoms with Gasteiger partial charge in [-0.05, 0) is 56.7 Å². The lowest BCUT2D eigenvalue weighted by Crippen LogP contribution is -2.10. The van der Waals surface area contributed by atoms with Crippen molar-refractivity contribution < 1.29 is 0 Å². The van der Waals surface area contributed by atoms with Crippen LogP contribution in [0.3, 0.4) is 0 Å². The zero-order chi connectivity index (χ0) is 14.6. The van der Waals surface area contributed by atoms with Gasteiger partial charge in [0.2, 0.25) is 0 Å². The lowest BCUT2D eigenvalue weighted by Gasteiger charge is -2.15. The number of benzene rings is 1. The van der Waals surface area contributed by atoms with E-state index in [1.807, 2.05) is 13.8 Å². The Kier molecular flexibility index (Phi) is 4.46. The largest absolute Gasteiger partial charge is 0.347 e. The van der Waals surface area contributed by atoms with Gasteiger partial charge in [-0.25, -0.2) is 0 Å². The third kappa shape index (κ3) is 3.20. The summed E-state index contributed by atoms with van der Waals surface area (Å²) in [6, 6.07) is 10.9. The summed E-state index contributed by atoms with van der Waals surface area (Å²) < 4.78 is 2.30. The van der Waals surface area contributed by atoms with Gasteiger partial charge < -0.3 is 10.3 Å². The third-order valence-corrected chi connectivity index (χ3v) is 3.79. The van der Waals surface area contributed by atoms with Crippen LogP contribution in [0.1, 0.15) is 32.3 Å². The van der Waals surface area contributed by atoms with E-state index in [2.05, 4.69) is 41.1 Å². The Morgan fingerprint density at radius 2 is 2.10 bits per heavy atom. The number of fused-ring (bicyclic) bond motifs is 1. The van der Waals surface area contributed by atoms with E-state index in [4.69, 9.17) is 11.0 Å². The van der Waals surface area contributed by atoms with Crippen molar-refractivity contribution in [3.8, 4) is 6.07 Å². The number of para-hydroxylation sites is 1. The quantitative estimate of drug-likeness (QED) is 0.873. The van der Waals surface area contributed by atoms with E-state index in [-0.39, 0.29) is 5.41 Å². The van der Waals surface area contributed by atoms with Crippen molar-refractivity contribution in [2.24, 2.45) is 11.1 Å². The predicted octanol–water partition coefficient (Wildman–Crippen LogP) is 3.47. The topological polar surface area (TPSA) is 54.7 Å². The minimum atomic E-state index is -0.233. The minimum absolute atomic E-state index is 0.233. The van der Waals surface area contributed by atoms with Gasteiger partial charge in [-0.15, -0.1) is 0 Å². The molecule has 1 heterocycles. The summed E-state index contributed by atoms with van der Waals surface area (Å²) in [7, 11) is 0. The molecule has 3 nitrogen and oxygen atoms in total. The van der Waals surface area contributed by atoms with E-state index in [0.29, 0.717) is 6.54 Å². The Hall–Kier alpha value is -1.79. The Bertz CT molecular complexity index is 617. The second-order valence-corrected chi connectivity index (χ2v) is 6.00. The summed E-state index contributed by atoms with van der Waals surface area (Å²) in [5.74, 6) is 0. The van der Waals surface area contributed by atoms with Crippen LogP contribution in [0.5, 0.6) is 0 Å². The molecule has 0 aliphatic rings. The molecule has 0 atom stereocenters. The van der Waals surface area contributed by atoms with Crippen LogP contribution in [0, 0.1) is 16.7 Å². The van der Waals surface area contributed by atoms with Crippen molar-refractivity contribution in [1.29, 1.82) is 5.26 Å². The van der Waals surface area contributed by atoms with Crippen LogP contribution in [-0.2, 0) is 13.0 Å². The molecule has 0 saturated heterocycles. The monoisotopic (exact) mass is 269 g/mol. The van der Waals surface area contributed by atoms with Crippen LogP contribution in [0.4, 0.5) is 0 Å². The summed E-state index contributed by atoms with van der Waals surface area (Å²) >= 11 is 0. The highest BCUT2D eigenvalue weighted by molar-refractivity contribution is 5.83. The van der Waals surface area contributed by atoms with Crippen molar-refractivity contribution in [3.05, 3.63) is 36.0 Å². The first-order valence-electron chi connectivity index (χ1n) is 7.25. The summed E-state index contributed by atoms with van der Waals surface area (Å²) in [5, 5.41) is 10.3. The maximum absolute atomic E-state index is 9.07. The average molecular weight is 269 g/mol. The van der Waals surface area contributed by atoms with Crippen molar-refractivity contribution in [1.82, 2.24) is 4.57 Å². The molecule has 3 heteroatoms. The summed E-state index contributed by atoms with van der Waals surface area (Å²) in [6.45, 7) is 5.63. The number of hydrogen-bond acceptors (Lipinski definition) is 2. The molecule has 20 heavy (non-hydrogen) atoms. The van der Waals surface area contributed by atoms with Gasteiger partial charge in [-0.3, -0.25) is 0 Å². The smallest absolute Gasteiger partial charge is 0.0683 e. The molecule has 0 unspecified atom stereocenters. The summed E-state index contributed by atoms with van der Waals surface area (Å²) in [5.41, 5.74) is 8.08. The fourth-order valence-corrected chi connectivity index (χ4v) is 2.63. The van der Waals surface area contributed by atoms with Crippen LogP contribution in [-0.4, -0.2) is 11.1 Å². The van der Waals surface area contributed by atoms with Crippen LogP contribution in [0.15, 0.2) is 30.5 Å². The van der Waals surface area contributed by atoms with E-state index in [1.54, 1.807) is 0 Å². The van der Waals surface area contributed by atoms with Gasteiger partial charge in [0, 0.05) is 12.7 Å². The molecular formula is C17H23N3. The standard InChI is InChI=1S/C17H23N3/c1-17(2,13-19)9-4-11-20-12-8-15-6-3-5-14(7-10-18)16(15)20/h3,5-6,8,12H,4,7,9-11,18H2,1-2H3. The molecule has 0 aliphatic carbocycles. The van der Waals surface area contributed by atoms with Gasteiger partial charge in [0.1, 0.15) is 0 Å². The Labute approximate surface area is 121 Å². The van der Waals surface area contributed by atoms with E-state index >= 15 is 0 Å². The van der Waals surface area contributed by atoms with Gasteiger partial charge in [-0.1, -0.05) is 18.2 Å². The van der Waals surface area contributed by atoms with Crippen molar-refractivity contribution in [2.45, 2.75) is 39.7 Å². The van der Waals surface area contributed by atoms with Crippen molar-refractivity contribution in [3.63, 3.8) is 0 Å². The number of hydrogen-bond donors (Lipinski definition) is 1. The van der Waals surface area contributed by atoms with Crippen LogP contribution >= 0.6 is 0 Å². The fourth-order valence-electron chi connectivity index (χ4n) is 2.63. The minimum Gasteiger partial charge on any atom is -0.347 e. The molecule has 0 saturated carbocycles. The Balaban J connectivity index is 2.16. The average Bonchev–Trinajstić information content (AvgIpc) is 2.83. The van der Waals surface area contributed by atoms with Gasteiger partial charge in [0.15, 0.2) is 0 Å². The molecule has 2 rings (SSSR count). The van der Waals surface area contributed by atoms with Gasteiger partial charge in [0.25, 0.3) is 0 Å². The van der Waals surface area contributed by atoms with Gasteiger partial charge in [-0.2, -0.15) is 5.26 Å². The maximum atomic E-state index is 9.07. The number of nitrogens with zero attached hydrogens (tertiary/aromatic N) is 2. The highest BCUT2D eigenvalue weighted by atomic mass is 15.0. The highest BCUT2D eigenvalue weighted by Gasteiger charge is 2.16. The normalized spacial score (nSPS) is 11.7. The highest BCUT2D eigenvalue weighted by Crippen LogP contribution is 2.24. The molecular weight excluding hydrogens is 246 g/mol. The van der Waals surface area contributed by atoms with Crippen molar-refractivity contribution in [2.75, 3.05) is 6.54 Å². The summed E-state index contributed by atoms with van der Waals surface area (Å²) in [6.07, 6.45) is 4.98. The zero-order valence-electron chi connectivity index (χ0n) is 12.4. The number of aryl methyl sites for hydroxylation is 1. The molecule has 1 aromatic heterocycles. The second kappa shape index (κ2) is 6.11. The number of rotatable bonds is 6. The first kappa shape index (κ1) is 14.6. The molecule has 0 bridgehead atoms. The molecule has 2 aromatic rings. The first-order chi connectivity index (χ1) is 9.57. The third-order valence-electron chi connectivity index (χ3n) is 3.79. The predicted molar refractivity (Wildman–Crippen MR) is 83.3 cm³/mol. The fraction of sp³-hybridized carbons (Fsp3) is 0.471. The van der Waals surface area contributed by atoms with Crippen molar-refractivity contribution >= 4 is 10.9 Å². The second-order valence-electron chi connectivity index (χ2n) is 6.00. The molecule has 0 radical (unpaired) electrons. The Morgan fingerprint density at radius 1 is 1.30 bits per heavy atom. The molecule has 0 amide bonds. The van der Waals surface area contributed by atoms with Gasteiger partial charge >= 0.3 is 0 Å². The van der Waals surface area contributed by atoms with Crippen LogP contribution in [0.2, 0.25) is 0 Å². The lowest BCUT2D eigenvalue weighted by atomic mass is 9.90. The van der Waals surface area contributed by atoms with Gasteiger partial charge in [0.05, 0.1) is 17.0 Å². The van der Waals surface area contributed by atoms with Crippen LogP contribution < -0.4 is 5.73 Å². The molecule has 2 N–H and O–H groups in total. The molecule has 0 aliphatic heterocycles. The molecule has 106 valence electrons. The number of nitrogens with two attached hydrogens (primary N) is 1. The Morgan fingerprint density at radius 3 is 2.80 bits per heavy atom.